The van der Waals surface area contributed by atoms with Gasteiger partial charge in [0, 0.05) is 28.4 Å². The van der Waals surface area contributed by atoms with E-state index < -0.39 is 0 Å². The molecule has 0 saturated heterocycles. The first kappa shape index (κ1) is 22.4. The van der Waals surface area contributed by atoms with Crippen LogP contribution in [0.4, 0.5) is 0 Å². The number of halogens is 1. The summed E-state index contributed by atoms with van der Waals surface area (Å²) in [5, 5.41) is 9.42. The van der Waals surface area contributed by atoms with Crippen LogP contribution in [-0.4, -0.2) is 25.0 Å². The minimum Gasteiger partial charge on any atom is -0.357 e. The van der Waals surface area contributed by atoms with Gasteiger partial charge in [-0.2, -0.15) is 0 Å². The molecule has 0 fully saturated rings. The molecule has 0 spiro atoms. The number of hydrogen-bond acceptors (Lipinski definition) is 3. The van der Waals surface area contributed by atoms with Crippen molar-refractivity contribution in [2.24, 2.45) is 4.99 Å². The monoisotopic (exact) mass is 486 g/mol. The van der Waals surface area contributed by atoms with Gasteiger partial charge in [0.15, 0.2) is 5.96 Å². The smallest absolute Gasteiger partial charge is 0.251 e. The van der Waals surface area contributed by atoms with Crippen LogP contribution in [0.3, 0.4) is 0 Å². The highest BCUT2D eigenvalue weighted by Crippen LogP contribution is 2.14. The zero-order valence-corrected chi connectivity index (χ0v) is 18.6. The molecule has 2 aromatic rings. The second-order valence-electron chi connectivity index (χ2n) is 5.62. The molecule has 0 radical (unpaired) electrons. The maximum absolute atomic E-state index is 11.9. The molecular formula is C19H27IN4OS. The highest BCUT2D eigenvalue weighted by molar-refractivity contribution is 14.0. The Bertz CT molecular complexity index is 730. The van der Waals surface area contributed by atoms with E-state index in [1.54, 1.807) is 11.3 Å². The molecule has 0 unspecified atom stereocenters. The van der Waals surface area contributed by atoms with Crippen molar-refractivity contribution >= 4 is 47.2 Å². The van der Waals surface area contributed by atoms with Crippen molar-refractivity contribution in [3.8, 4) is 0 Å². The minimum atomic E-state index is -0.0496. The Balaban J connectivity index is 0.00000338. The Kier molecular flexibility index (Phi) is 10.3. The standard InChI is InChI=1S/C19H26N4OS.HI/c1-4-20-18(24)16-8-6-7-15(11-16)12-22-19(21-5-2)23-13-17-10-9-14(3)25-17;/h6-11H,4-5,12-13H2,1-3H3,(H,20,24)(H2,21,22,23);1H. The lowest BCUT2D eigenvalue weighted by molar-refractivity contribution is 0.0955. The highest BCUT2D eigenvalue weighted by atomic mass is 127. The van der Waals surface area contributed by atoms with Gasteiger partial charge in [0.25, 0.3) is 5.91 Å². The van der Waals surface area contributed by atoms with Crippen LogP contribution in [-0.2, 0) is 13.1 Å². The number of rotatable bonds is 7. The summed E-state index contributed by atoms with van der Waals surface area (Å²) < 4.78 is 0. The predicted octanol–water partition coefficient (Wildman–Crippen LogP) is 3.68. The van der Waals surface area contributed by atoms with Gasteiger partial charge in [-0.1, -0.05) is 12.1 Å². The third kappa shape index (κ3) is 7.33. The van der Waals surface area contributed by atoms with Crippen LogP contribution in [0.2, 0.25) is 0 Å². The molecule has 2 rings (SSSR count). The van der Waals surface area contributed by atoms with Crippen LogP contribution in [0.5, 0.6) is 0 Å². The Labute approximate surface area is 176 Å². The number of aryl methyl sites for hydroxylation is 1. The topological polar surface area (TPSA) is 65.5 Å². The number of nitrogens with one attached hydrogen (secondary N) is 3. The van der Waals surface area contributed by atoms with Crippen LogP contribution in [0.25, 0.3) is 0 Å². The van der Waals surface area contributed by atoms with Gasteiger partial charge in [-0.15, -0.1) is 35.3 Å². The molecule has 0 atom stereocenters. The summed E-state index contributed by atoms with van der Waals surface area (Å²) in [6, 6.07) is 11.8. The summed E-state index contributed by atoms with van der Waals surface area (Å²) in [5.41, 5.74) is 1.68. The Hall–Kier alpha value is -1.61. The second-order valence-corrected chi connectivity index (χ2v) is 6.99. The van der Waals surface area contributed by atoms with E-state index in [-0.39, 0.29) is 29.9 Å². The zero-order valence-electron chi connectivity index (χ0n) is 15.5. The SMILES string of the molecule is CCNC(=O)c1cccc(CN=C(NCC)NCc2ccc(C)s2)c1.I. The van der Waals surface area contributed by atoms with Crippen molar-refractivity contribution in [1.29, 1.82) is 0 Å². The lowest BCUT2D eigenvalue weighted by atomic mass is 10.1. The molecule has 0 aliphatic rings. The summed E-state index contributed by atoms with van der Waals surface area (Å²) >= 11 is 1.78. The first-order chi connectivity index (χ1) is 12.1. The molecule has 5 nitrogen and oxygen atoms in total. The van der Waals surface area contributed by atoms with Crippen molar-refractivity contribution in [3.05, 3.63) is 57.3 Å². The summed E-state index contributed by atoms with van der Waals surface area (Å²) in [6.07, 6.45) is 0. The Morgan fingerprint density at radius 3 is 2.50 bits per heavy atom. The van der Waals surface area contributed by atoms with E-state index in [9.17, 15) is 4.79 Å². The number of carbonyl (C=O) groups excluding carboxylic acids is 1. The summed E-state index contributed by atoms with van der Waals surface area (Å²) in [5.74, 6) is 0.725. The summed E-state index contributed by atoms with van der Waals surface area (Å²) in [7, 11) is 0. The van der Waals surface area contributed by atoms with E-state index in [1.807, 2.05) is 38.1 Å². The Morgan fingerprint density at radius 1 is 1.08 bits per heavy atom. The van der Waals surface area contributed by atoms with Gasteiger partial charge in [-0.25, -0.2) is 4.99 Å². The van der Waals surface area contributed by atoms with E-state index in [4.69, 9.17) is 0 Å². The summed E-state index contributed by atoms with van der Waals surface area (Å²) in [4.78, 5) is 19.1. The number of aliphatic imine (C=N–C) groups is 1. The molecule has 142 valence electrons. The van der Waals surface area contributed by atoms with Crippen LogP contribution in [0.15, 0.2) is 41.4 Å². The normalized spacial score (nSPS) is 10.8. The lowest BCUT2D eigenvalue weighted by Crippen LogP contribution is -2.36. The lowest BCUT2D eigenvalue weighted by Gasteiger charge is -2.11. The van der Waals surface area contributed by atoms with E-state index in [0.29, 0.717) is 18.7 Å². The van der Waals surface area contributed by atoms with Gasteiger partial charge in [0.05, 0.1) is 13.1 Å². The van der Waals surface area contributed by atoms with Crippen LogP contribution in [0, 0.1) is 6.92 Å². The van der Waals surface area contributed by atoms with Crippen LogP contribution < -0.4 is 16.0 Å². The quantitative estimate of drug-likeness (QED) is 0.318. The maximum atomic E-state index is 11.9. The van der Waals surface area contributed by atoms with Gasteiger partial charge in [0.1, 0.15) is 0 Å². The Morgan fingerprint density at radius 2 is 1.85 bits per heavy atom. The number of amides is 1. The van der Waals surface area contributed by atoms with Gasteiger partial charge in [-0.05, 0) is 50.6 Å². The van der Waals surface area contributed by atoms with E-state index in [1.165, 1.54) is 9.75 Å². The first-order valence-electron chi connectivity index (χ1n) is 8.57. The molecule has 1 amide bonds. The molecule has 0 saturated carbocycles. The van der Waals surface area contributed by atoms with Crippen molar-refractivity contribution in [1.82, 2.24) is 16.0 Å². The second kappa shape index (κ2) is 11.9. The first-order valence-corrected chi connectivity index (χ1v) is 9.38. The zero-order chi connectivity index (χ0) is 18.1. The third-order valence-electron chi connectivity index (χ3n) is 3.52. The fourth-order valence-electron chi connectivity index (χ4n) is 2.34. The maximum Gasteiger partial charge on any atom is 0.251 e. The van der Waals surface area contributed by atoms with Crippen LogP contribution >= 0.6 is 35.3 Å². The van der Waals surface area contributed by atoms with Crippen molar-refractivity contribution in [2.75, 3.05) is 13.1 Å². The molecule has 1 aromatic heterocycles. The molecule has 0 aliphatic carbocycles. The number of carbonyl (C=O) groups is 1. The van der Waals surface area contributed by atoms with E-state index in [0.717, 1.165) is 24.6 Å². The number of nitrogens with zero attached hydrogens (tertiary/aromatic N) is 1. The minimum absolute atomic E-state index is 0. The number of benzene rings is 1. The average molecular weight is 486 g/mol. The van der Waals surface area contributed by atoms with Crippen LogP contribution in [0.1, 0.15) is 39.5 Å². The highest BCUT2D eigenvalue weighted by Gasteiger charge is 2.05. The fraction of sp³-hybridized carbons (Fsp3) is 0.368. The molecule has 7 heteroatoms. The molecule has 0 aliphatic heterocycles. The largest absolute Gasteiger partial charge is 0.357 e. The van der Waals surface area contributed by atoms with E-state index >= 15 is 0 Å². The molecule has 26 heavy (non-hydrogen) atoms. The fourth-order valence-corrected chi connectivity index (χ4v) is 3.17. The molecule has 0 bridgehead atoms. The van der Waals surface area contributed by atoms with Crippen molar-refractivity contribution in [2.45, 2.75) is 33.9 Å². The number of thiophene rings is 1. The van der Waals surface area contributed by atoms with E-state index in [2.05, 4.69) is 40.0 Å². The van der Waals surface area contributed by atoms with Gasteiger partial charge in [0.2, 0.25) is 0 Å². The third-order valence-corrected chi connectivity index (χ3v) is 4.52. The summed E-state index contributed by atoms with van der Waals surface area (Å²) in [6.45, 7) is 8.76. The number of guanidine groups is 1. The molecule has 1 heterocycles. The van der Waals surface area contributed by atoms with Gasteiger partial charge >= 0.3 is 0 Å². The van der Waals surface area contributed by atoms with Gasteiger partial charge in [-0.3, -0.25) is 4.79 Å². The average Bonchev–Trinajstić information content (AvgIpc) is 3.03. The van der Waals surface area contributed by atoms with Crippen molar-refractivity contribution in [3.63, 3.8) is 0 Å². The van der Waals surface area contributed by atoms with Crippen molar-refractivity contribution < 1.29 is 4.79 Å². The molecular weight excluding hydrogens is 459 g/mol. The molecule has 1 aromatic carbocycles. The predicted molar refractivity (Wildman–Crippen MR) is 121 cm³/mol. The molecule has 3 N–H and O–H groups in total. The van der Waals surface area contributed by atoms with Gasteiger partial charge < -0.3 is 16.0 Å². The number of hydrogen-bond donors (Lipinski definition) is 3.